The second-order valence-corrected chi connectivity index (χ2v) is 6.21. The Morgan fingerprint density at radius 1 is 1.10 bits per heavy atom. The third kappa shape index (κ3) is 2.58. The van der Waals surface area contributed by atoms with Crippen LogP contribution in [0.5, 0.6) is 11.5 Å². The van der Waals surface area contributed by atoms with E-state index in [1.165, 1.54) is 28.7 Å². The van der Waals surface area contributed by atoms with E-state index in [2.05, 4.69) is 51.1 Å². The molecule has 2 aromatic rings. The summed E-state index contributed by atoms with van der Waals surface area (Å²) in [5.74, 6) is 2.82. The van der Waals surface area contributed by atoms with Gasteiger partial charge in [0.1, 0.15) is 11.5 Å². The van der Waals surface area contributed by atoms with Crippen molar-refractivity contribution in [1.29, 1.82) is 0 Å². The van der Waals surface area contributed by atoms with Gasteiger partial charge in [0.2, 0.25) is 0 Å². The van der Waals surface area contributed by atoms with Gasteiger partial charge in [-0.15, -0.1) is 0 Å². The van der Waals surface area contributed by atoms with Gasteiger partial charge in [0.25, 0.3) is 0 Å². The van der Waals surface area contributed by atoms with Crippen LogP contribution in [-0.2, 0) is 12.8 Å². The molecule has 0 saturated heterocycles. The molecular weight excluding hydrogens is 244 g/mol. The Balaban J connectivity index is 1.91. The first kappa shape index (κ1) is 13.2. The average molecular weight is 266 g/mol. The maximum Gasteiger partial charge on any atom is 0.131 e. The predicted octanol–water partition coefficient (Wildman–Crippen LogP) is 5.28. The Bertz CT molecular complexity index is 626. The number of benzene rings is 2. The van der Waals surface area contributed by atoms with Crippen molar-refractivity contribution in [2.75, 3.05) is 0 Å². The van der Waals surface area contributed by atoms with E-state index in [0.717, 1.165) is 30.3 Å². The van der Waals surface area contributed by atoms with Crippen LogP contribution in [0.25, 0.3) is 0 Å². The maximum atomic E-state index is 6.11. The van der Waals surface area contributed by atoms with Gasteiger partial charge in [-0.3, -0.25) is 0 Å². The summed E-state index contributed by atoms with van der Waals surface area (Å²) in [5, 5.41) is 0. The summed E-state index contributed by atoms with van der Waals surface area (Å²) in [6.45, 7) is 6.75. The number of hydrogen-bond donors (Lipinski definition) is 0. The number of aryl methyl sites for hydroxylation is 2. The second-order valence-electron chi connectivity index (χ2n) is 6.21. The molecule has 0 amide bonds. The van der Waals surface area contributed by atoms with Crippen LogP contribution in [0.4, 0.5) is 0 Å². The lowest BCUT2D eigenvalue weighted by molar-refractivity contribution is 0.458. The highest BCUT2D eigenvalue weighted by molar-refractivity contribution is 5.53. The van der Waals surface area contributed by atoms with Gasteiger partial charge in [0, 0.05) is 12.0 Å². The Morgan fingerprint density at radius 2 is 1.90 bits per heavy atom. The minimum absolute atomic E-state index is 0.744. The van der Waals surface area contributed by atoms with E-state index in [-0.39, 0.29) is 0 Å². The fourth-order valence-electron chi connectivity index (χ4n) is 2.83. The van der Waals surface area contributed by atoms with Crippen molar-refractivity contribution in [3.05, 3.63) is 58.7 Å². The molecule has 0 bridgehead atoms. The van der Waals surface area contributed by atoms with Crippen LogP contribution >= 0.6 is 0 Å². The average Bonchev–Trinajstić information content (AvgIpc) is 2.43. The number of rotatable bonds is 3. The Morgan fingerprint density at radius 3 is 2.70 bits per heavy atom. The van der Waals surface area contributed by atoms with Gasteiger partial charge >= 0.3 is 0 Å². The van der Waals surface area contributed by atoms with Crippen LogP contribution in [0.3, 0.4) is 0 Å². The number of hydrogen-bond acceptors (Lipinski definition) is 1. The Labute approximate surface area is 121 Å². The van der Waals surface area contributed by atoms with Crippen molar-refractivity contribution in [3.8, 4) is 11.5 Å². The highest BCUT2D eigenvalue weighted by atomic mass is 16.5. The number of fused-ring (bicyclic) bond motifs is 2. The van der Waals surface area contributed by atoms with Crippen molar-refractivity contribution in [3.63, 3.8) is 0 Å². The molecule has 0 fully saturated rings. The van der Waals surface area contributed by atoms with Crippen molar-refractivity contribution >= 4 is 0 Å². The molecule has 0 aliphatic carbocycles. The zero-order valence-electron chi connectivity index (χ0n) is 12.6. The summed E-state index contributed by atoms with van der Waals surface area (Å²) in [6.07, 6.45) is 3.35. The molecule has 0 atom stereocenters. The summed E-state index contributed by atoms with van der Waals surface area (Å²) < 4.78 is 6.11. The molecule has 20 heavy (non-hydrogen) atoms. The van der Waals surface area contributed by atoms with Gasteiger partial charge in [-0.25, -0.2) is 0 Å². The van der Waals surface area contributed by atoms with E-state index in [1.54, 1.807) is 0 Å². The molecule has 1 heteroatoms. The van der Waals surface area contributed by atoms with E-state index in [4.69, 9.17) is 4.74 Å². The van der Waals surface area contributed by atoms with Crippen LogP contribution in [0.1, 0.15) is 42.5 Å². The van der Waals surface area contributed by atoms with Crippen molar-refractivity contribution < 1.29 is 4.74 Å². The van der Waals surface area contributed by atoms with Crippen LogP contribution < -0.4 is 4.74 Å². The summed E-state index contributed by atoms with van der Waals surface area (Å²) in [4.78, 5) is 0. The normalized spacial score (nSPS) is 12.8. The largest absolute Gasteiger partial charge is 0.457 e. The third-order valence-corrected chi connectivity index (χ3v) is 4.06. The first-order valence-electron chi connectivity index (χ1n) is 7.51. The first-order valence-corrected chi connectivity index (χ1v) is 7.51. The van der Waals surface area contributed by atoms with E-state index in [9.17, 15) is 0 Å². The van der Waals surface area contributed by atoms with E-state index in [0.29, 0.717) is 0 Å². The SMILES string of the molecule is Cc1cc(CCC(C)C)cc2c1Cc1ccccc1O2. The van der Waals surface area contributed by atoms with Crippen LogP contribution in [-0.4, -0.2) is 0 Å². The van der Waals surface area contributed by atoms with E-state index < -0.39 is 0 Å². The summed E-state index contributed by atoms with van der Waals surface area (Å²) >= 11 is 0. The molecule has 0 unspecified atom stereocenters. The van der Waals surface area contributed by atoms with Crippen molar-refractivity contribution in [1.82, 2.24) is 0 Å². The molecule has 2 aromatic carbocycles. The number of ether oxygens (including phenoxy) is 1. The quantitative estimate of drug-likeness (QED) is 0.626. The summed E-state index contributed by atoms with van der Waals surface area (Å²) in [7, 11) is 0. The zero-order chi connectivity index (χ0) is 14.1. The standard InChI is InChI=1S/C19H22O/c1-13(2)8-9-15-10-14(3)17-12-16-6-4-5-7-18(16)20-19(17)11-15/h4-7,10-11,13H,8-9,12H2,1-3H3. The van der Waals surface area contributed by atoms with Crippen LogP contribution in [0.2, 0.25) is 0 Å². The molecule has 0 aromatic heterocycles. The minimum atomic E-state index is 0.744. The molecule has 1 heterocycles. The van der Waals surface area contributed by atoms with Crippen LogP contribution in [0.15, 0.2) is 36.4 Å². The lowest BCUT2D eigenvalue weighted by Crippen LogP contribution is -2.06. The van der Waals surface area contributed by atoms with Crippen molar-refractivity contribution in [2.45, 2.75) is 40.0 Å². The van der Waals surface area contributed by atoms with Gasteiger partial charge < -0.3 is 4.74 Å². The Kier molecular flexibility index (Phi) is 3.52. The first-order chi connectivity index (χ1) is 9.63. The fourth-order valence-corrected chi connectivity index (χ4v) is 2.83. The molecule has 0 N–H and O–H groups in total. The molecule has 0 spiro atoms. The molecule has 1 aliphatic heterocycles. The highest BCUT2D eigenvalue weighted by Gasteiger charge is 2.18. The van der Waals surface area contributed by atoms with E-state index >= 15 is 0 Å². The predicted molar refractivity (Wildman–Crippen MR) is 83.7 cm³/mol. The van der Waals surface area contributed by atoms with Gasteiger partial charge in [-0.05, 0) is 54.5 Å². The molecular formula is C19H22O. The van der Waals surface area contributed by atoms with Gasteiger partial charge in [0.05, 0.1) is 0 Å². The molecule has 104 valence electrons. The van der Waals surface area contributed by atoms with Gasteiger partial charge in [-0.2, -0.15) is 0 Å². The minimum Gasteiger partial charge on any atom is -0.457 e. The van der Waals surface area contributed by atoms with Gasteiger partial charge in [0.15, 0.2) is 0 Å². The molecule has 1 nitrogen and oxygen atoms in total. The zero-order valence-corrected chi connectivity index (χ0v) is 12.6. The van der Waals surface area contributed by atoms with Gasteiger partial charge in [-0.1, -0.05) is 38.1 Å². The second kappa shape index (κ2) is 5.32. The topological polar surface area (TPSA) is 9.23 Å². The molecule has 1 aliphatic rings. The maximum absolute atomic E-state index is 6.11. The Hall–Kier alpha value is -1.76. The molecule has 0 radical (unpaired) electrons. The lowest BCUT2D eigenvalue weighted by Gasteiger charge is -2.23. The number of para-hydroxylation sites is 1. The van der Waals surface area contributed by atoms with Crippen LogP contribution in [0, 0.1) is 12.8 Å². The lowest BCUT2D eigenvalue weighted by atomic mass is 9.93. The third-order valence-electron chi connectivity index (χ3n) is 4.06. The highest BCUT2D eigenvalue weighted by Crippen LogP contribution is 2.38. The summed E-state index contributed by atoms with van der Waals surface area (Å²) in [5.41, 5.74) is 5.39. The van der Waals surface area contributed by atoms with E-state index in [1.807, 2.05) is 6.07 Å². The molecule has 3 rings (SSSR count). The van der Waals surface area contributed by atoms with Crippen molar-refractivity contribution in [2.24, 2.45) is 5.92 Å². The smallest absolute Gasteiger partial charge is 0.131 e. The fraction of sp³-hybridized carbons (Fsp3) is 0.368. The monoisotopic (exact) mass is 266 g/mol. The molecule has 0 saturated carbocycles. The summed E-state index contributed by atoms with van der Waals surface area (Å²) in [6, 6.07) is 12.9.